The number of pyridine rings is 1. The van der Waals surface area contributed by atoms with Gasteiger partial charge in [0.1, 0.15) is 0 Å². The molecule has 2 N–H and O–H groups in total. The van der Waals surface area contributed by atoms with Gasteiger partial charge in [-0.15, -0.1) is 0 Å². The molecule has 2 aromatic carbocycles. The fraction of sp³-hybridized carbons (Fsp3) is 0. The average molecular weight is 274 g/mol. The Hall–Kier alpha value is -2.94. The first-order chi connectivity index (χ1) is 10.2. The maximum atomic E-state index is 12.2. The zero-order valence-electron chi connectivity index (χ0n) is 11.4. The number of hydrogen-bond acceptors (Lipinski definition) is 3. The molecular weight excluding hydrogens is 260 g/mol. The minimum atomic E-state index is -0.0422. The third-order valence-corrected chi connectivity index (χ3v) is 3.25. The van der Waals surface area contributed by atoms with Crippen LogP contribution in [0.15, 0.2) is 66.9 Å². The Morgan fingerprint density at radius 1 is 1.05 bits per heavy atom. The Kier molecular flexibility index (Phi) is 3.48. The number of allylic oxidation sites excluding steroid dienone is 1. The van der Waals surface area contributed by atoms with Gasteiger partial charge >= 0.3 is 0 Å². The third-order valence-electron chi connectivity index (χ3n) is 3.25. The second-order valence-corrected chi connectivity index (χ2v) is 4.78. The highest BCUT2D eigenvalue weighted by Gasteiger charge is 2.03. The van der Waals surface area contributed by atoms with Crippen molar-refractivity contribution >= 4 is 28.4 Å². The van der Waals surface area contributed by atoms with Crippen molar-refractivity contribution in [3.05, 3.63) is 78.0 Å². The maximum Gasteiger partial charge on any atom is 0.185 e. The van der Waals surface area contributed by atoms with Crippen LogP contribution in [0.2, 0.25) is 0 Å². The molecule has 21 heavy (non-hydrogen) atoms. The van der Waals surface area contributed by atoms with E-state index < -0.39 is 0 Å². The number of ketones is 1. The van der Waals surface area contributed by atoms with Gasteiger partial charge in [-0.25, -0.2) is 0 Å². The molecule has 3 heteroatoms. The SMILES string of the molecule is Nc1ccc(/C=C/C(=O)c2ccc3cccnc3c2)cc1. The first-order valence-corrected chi connectivity index (χ1v) is 6.65. The smallest absolute Gasteiger partial charge is 0.185 e. The van der Waals surface area contributed by atoms with E-state index in [-0.39, 0.29) is 5.78 Å². The number of nitrogen functional groups attached to an aromatic ring is 1. The Morgan fingerprint density at radius 2 is 1.86 bits per heavy atom. The lowest BCUT2D eigenvalue weighted by atomic mass is 10.1. The molecule has 0 aliphatic heterocycles. The van der Waals surface area contributed by atoms with Crippen LogP contribution in [0.3, 0.4) is 0 Å². The number of nitrogens with two attached hydrogens (primary N) is 1. The number of aromatic nitrogens is 1. The summed E-state index contributed by atoms with van der Waals surface area (Å²) in [6.07, 6.45) is 5.07. The summed E-state index contributed by atoms with van der Waals surface area (Å²) in [5.41, 5.74) is 8.73. The van der Waals surface area contributed by atoms with Crippen molar-refractivity contribution in [2.75, 3.05) is 5.73 Å². The molecule has 0 saturated carbocycles. The third kappa shape index (κ3) is 2.98. The number of anilines is 1. The Labute approximate surface area is 122 Å². The second-order valence-electron chi connectivity index (χ2n) is 4.78. The Balaban J connectivity index is 1.84. The van der Waals surface area contributed by atoms with Gasteiger partial charge in [0, 0.05) is 22.8 Å². The molecule has 102 valence electrons. The number of hydrogen-bond donors (Lipinski definition) is 1. The van der Waals surface area contributed by atoms with Crippen molar-refractivity contribution in [3.63, 3.8) is 0 Å². The van der Waals surface area contributed by atoms with Gasteiger partial charge in [0.15, 0.2) is 5.78 Å². The van der Waals surface area contributed by atoms with Crippen LogP contribution in [0.4, 0.5) is 5.69 Å². The first kappa shape index (κ1) is 13.1. The molecule has 1 aromatic heterocycles. The second kappa shape index (κ2) is 5.59. The molecule has 0 saturated heterocycles. The highest BCUT2D eigenvalue weighted by molar-refractivity contribution is 6.08. The predicted octanol–water partition coefficient (Wildman–Crippen LogP) is 3.71. The van der Waals surface area contributed by atoms with Crippen molar-refractivity contribution in [2.24, 2.45) is 0 Å². The standard InChI is InChI=1S/C18H14N2O/c19-16-8-3-13(4-9-16)5-10-18(21)15-7-6-14-2-1-11-20-17(14)12-15/h1-12H,19H2/b10-5+. The van der Waals surface area contributed by atoms with Gasteiger partial charge in [0.25, 0.3) is 0 Å². The summed E-state index contributed by atoms with van der Waals surface area (Å²) >= 11 is 0. The van der Waals surface area contributed by atoms with Crippen LogP contribution >= 0.6 is 0 Å². The molecule has 0 radical (unpaired) electrons. The lowest BCUT2D eigenvalue weighted by Crippen LogP contribution is -1.94. The first-order valence-electron chi connectivity index (χ1n) is 6.65. The Bertz CT molecular complexity index is 820. The lowest BCUT2D eigenvalue weighted by molar-refractivity contribution is 0.104. The van der Waals surface area contributed by atoms with Gasteiger partial charge in [0.2, 0.25) is 0 Å². The number of carbonyl (C=O) groups excluding carboxylic acids is 1. The van der Waals surface area contributed by atoms with E-state index in [1.807, 2.05) is 54.6 Å². The molecule has 0 aliphatic carbocycles. The number of benzene rings is 2. The molecule has 0 fully saturated rings. The zero-order valence-corrected chi connectivity index (χ0v) is 11.4. The highest BCUT2D eigenvalue weighted by Crippen LogP contribution is 2.14. The van der Waals surface area contributed by atoms with Crippen LogP contribution in [0.1, 0.15) is 15.9 Å². The van der Waals surface area contributed by atoms with Crippen LogP contribution in [0.5, 0.6) is 0 Å². The van der Waals surface area contributed by atoms with Crippen LogP contribution in [0.25, 0.3) is 17.0 Å². The van der Waals surface area contributed by atoms with E-state index in [0.29, 0.717) is 11.3 Å². The van der Waals surface area contributed by atoms with Crippen LogP contribution in [0, 0.1) is 0 Å². The summed E-state index contributed by atoms with van der Waals surface area (Å²) in [7, 11) is 0. The van der Waals surface area contributed by atoms with Gasteiger partial charge in [-0.1, -0.05) is 36.4 Å². The maximum absolute atomic E-state index is 12.2. The molecule has 3 rings (SSSR count). The number of rotatable bonds is 3. The quantitative estimate of drug-likeness (QED) is 0.450. The van der Waals surface area contributed by atoms with Crippen molar-refractivity contribution < 1.29 is 4.79 Å². The fourth-order valence-corrected chi connectivity index (χ4v) is 2.09. The molecule has 0 spiro atoms. The topological polar surface area (TPSA) is 56.0 Å². The van der Waals surface area contributed by atoms with Crippen molar-refractivity contribution in [1.29, 1.82) is 0 Å². The molecule has 0 bridgehead atoms. The molecule has 0 unspecified atom stereocenters. The summed E-state index contributed by atoms with van der Waals surface area (Å²) in [6, 6.07) is 16.8. The van der Waals surface area contributed by atoms with Gasteiger partial charge in [0.05, 0.1) is 5.52 Å². The molecule has 0 amide bonds. The molecular formula is C18H14N2O. The fourth-order valence-electron chi connectivity index (χ4n) is 2.09. The van der Waals surface area contributed by atoms with Gasteiger partial charge in [-0.05, 0) is 35.9 Å². The van der Waals surface area contributed by atoms with Gasteiger partial charge in [-0.3, -0.25) is 9.78 Å². The highest BCUT2D eigenvalue weighted by atomic mass is 16.1. The number of fused-ring (bicyclic) bond motifs is 1. The lowest BCUT2D eigenvalue weighted by Gasteiger charge is -2.00. The summed E-state index contributed by atoms with van der Waals surface area (Å²) in [5.74, 6) is -0.0422. The van der Waals surface area contributed by atoms with E-state index in [2.05, 4.69) is 4.98 Å². The van der Waals surface area contributed by atoms with Crippen molar-refractivity contribution in [3.8, 4) is 0 Å². The van der Waals surface area contributed by atoms with E-state index in [0.717, 1.165) is 16.5 Å². The van der Waals surface area contributed by atoms with Gasteiger partial charge in [-0.2, -0.15) is 0 Å². The van der Waals surface area contributed by atoms with Crippen LogP contribution < -0.4 is 5.73 Å². The van der Waals surface area contributed by atoms with Crippen LogP contribution in [-0.2, 0) is 0 Å². The summed E-state index contributed by atoms with van der Waals surface area (Å²) in [5, 5.41) is 1.02. The summed E-state index contributed by atoms with van der Waals surface area (Å²) < 4.78 is 0. The molecule has 0 atom stereocenters. The van der Waals surface area contributed by atoms with E-state index in [1.54, 1.807) is 18.3 Å². The predicted molar refractivity (Wildman–Crippen MR) is 86.0 cm³/mol. The Morgan fingerprint density at radius 3 is 2.67 bits per heavy atom. The summed E-state index contributed by atoms with van der Waals surface area (Å²) in [6.45, 7) is 0. The van der Waals surface area contributed by atoms with Gasteiger partial charge < -0.3 is 5.73 Å². The minimum Gasteiger partial charge on any atom is -0.399 e. The number of carbonyl (C=O) groups is 1. The molecule has 1 heterocycles. The zero-order chi connectivity index (χ0) is 14.7. The van der Waals surface area contributed by atoms with E-state index in [9.17, 15) is 4.79 Å². The van der Waals surface area contributed by atoms with Crippen LogP contribution in [-0.4, -0.2) is 10.8 Å². The van der Waals surface area contributed by atoms with Crippen molar-refractivity contribution in [1.82, 2.24) is 4.98 Å². The van der Waals surface area contributed by atoms with E-state index in [4.69, 9.17) is 5.73 Å². The van der Waals surface area contributed by atoms with Crippen molar-refractivity contribution in [2.45, 2.75) is 0 Å². The van der Waals surface area contributed by atoms with E-state index >= 15 is 0 Å². The van der Waals surface area contributed by atoms with E-state index in [1.165, 1.54) is 0 Å². The molecule has 3 nitrogen and oxygen atoms in total. The largest absolute Gasteiger partial charge is 0.399 e. The number of nitrogens with zero attached hydrogens (tertiary/aromatic N) is 1. The average Bonchev–Trinajstić information content (AvgIpc) is 2.53. The monoisotopic (exact) mass is 274 g/mol. The summed E-state index contributed by atoms with van der Waals surface area (Å²) in [4.78, 5) is 16.5. The molecule has 0 aliphatic rings. The molecule has 3 aromatic rings. The normalized spacial score (nSPS) is 11.0. The minimum absolute atomic E-state index is 0.0422.